The van der Waals surface area contributed by atoms with Gasteiger partial charge in [0.2, 0.25) is 0 Å². The second kappa shape index (κ2) is 8.39. The van der Waals surface area contributed by atoms with Gasteiger partial charge in [0.05, 0.1) is 20.8 Å². The molecule has 0 saturated heterocycles. The summed E-state index contributed by atoms with van der Waals surface area (Å²) in [4.78, 5) is 12.2. The van der Waals surface area contributed by atoms with Gasteiger partial charge in [-0.25, -0.2) is 0 Å². The van der Waals surface area contributed by atoms with Gasteiger partial charge in [0, 0.05) is 19.7 Å². The monoisotopic (exact) mass is 282 g/mol. The molecule has 1 rings (SSSR count). The van der Waals surface area contributed by atoms with Crippen LogP contribution in [0.2, 0.25) is 0 Å². The van der Waals surface area contributed by atoms with Gasteiger partial charge in [0.15, 0.2) is 0 Å². The smallest absolute Gasteiger partial charge is 0.258 e. The Morgan fingerprint density at radius 2 is 1.85 bits per heavy atom. The van der Waals surface area contributed by atoms with Crippen LogP contribution in [0.25, 0.3) is 0 Å². The Hall–Kier alpha value is -1.79. The van der Waals surface area contributed by atoms with E-state index in [1.165, 1.54) is 14.2 Å². The van der Waals surface area contributed by atoms with E-state index in [0.29, 0.717) is 36.6 Å². The van der Waals surface area contributed by atoms with Crippen LogP contribution in [0.15, 0.2) is 18.2 Å². The fraction of sp³-hybridized carbons (Fsp3) is 0.500. The van der Waals surface area contributed by atoms with Crippen molar-refractivity contribution in [3.8, 4) is 11.5 Å². The molecule has 1 unspecified atom stereocenters. The minimum atomic E-state index is -0.246. The van der Waals surface area contributed by atoms with E-state index in [2.05, 4.69) is 5.32 Å². The van der Waals surface area contributed by atoms with E-state index in [0.717, 1.165) is 0 Å². The number of carbonyl (C=O) groups excluding carboxylic acids is 1. The molecule has 112 valence electrons. The average molecular weight is 282 g/mol. The fourth-order valence-electron chi connectivity index (χ4n) is 1.83. The number of hydrogen-bond acceptors (Lipinski definition) is 5. The maximum absolute atomic E-state index is 12.2. The Labute approximate surface area is 119 Å². The van der Waals surface area contributed by atoms with Crippen molar-refractivity contribution in [1.82, 2.24) is 5.32 Å². The van der Waals surface area contributed by atoms with Gasteiger partial charge in [-0.1, -0.05) is 6.07 Å². The van der Waals surface area contributed by atoms with Crippen molar-refractivity contribution < 1.29 is 19.0 Å². The maximum atomic E-state index is 12.2. The lowest BCUT2D eigenvalue weighted by molar-refractivity contribution is 0.0944. The summed E-state index contributed by atoms with van der Waals surface area (Å²) < 4.78 is 15.3. The third-order valence-electron chi connectivity index (χ3n) is 2.84. The average Bonchev–Trinajstić information content (AvgIpc) is 2.46. The molecule has 20 heavy (non-hydrogen) atoms. The highest BCUT2D eigenvalue weighted by Crippen LogP contribution is 2.27. The summed E-state index contributed by atoms with van der Waals surface area (Å²) >= 11 is 0. The normalized spacial score (nSPS) is 11.8. The van der Waals surface area contributed by atoms with Gasteiger partial charge in [0.1, 0.15) is 17.1 Å². The van der Waals surface area contributed by atoms with Crippen LogP contribution in [-0.2, 0) is 4.74 Å². The van der Waals surface area contributed by atoms with Gasteiger partial charge in [-0.2, -0.15) is 0 Å². The minimum absolute atomic E-state index is 0.0973. The summed E-state index contributed by atoms with van der Waals surface area (Å²) in [5.41, 5.74) is 6.18. The van der Waals surface area contributed by atoms with Crippen LogP contribution in [0.1, 0.15) is 16.8 Å². The van der Waals surface area contributed by atoms with Gasteiger partial charge in [-0.15, -0.1) is 0 Å². The molecule has 0 spiro atoms. The number of hydrogen-bond donors (Lipinski definition) is 2. The number of nitrogens with two attached hydrogens (primary N) is 1. The molecule has 0 aliphatic heterocycles. The van der Waals surface area contributed by atoms with E-state index in [4.69, 9.17) is 19.9 Å². The van der Waals surface area contributed by atoms with E-state index in [1.54, 1.807) is 25.3 Å². The van der Waals surface area contributed by atoms with Crippen LogP contribution < -0.4 is 20.5 Å². The number of ether oxygens (including phenoxy) is 3. The highest BCUT2D eigenvalue weighted by atomic mass is 16.5. The van der Waals surface area contributed by atoms with Gasteiger partial charge in [0.25, 0.3) is 5.91 Å². The molecule has 0 heterocycles. The predicted octanol–water partition coefficient (Wildman–Crippen LogP) is 0.797. The van der Waals surface area contributed by atoms with Crippen molar-refractivity contribution in [1.29, 1.82) is 0 Å². The first kappa shape index (κ1) is 16.3. The van der Waals surface area contributed by atoms with Crippen molar-refractivity contribution in [2.24, 2.45) is 5.73 Å². The van der Waals surface area contributed by atoms with E-state index in [-0.39, 0.29) is 11.9 Å². The van der Waals surface area contributed by atoms with Crippen LogP contribution in [0.4, 0.5) is 0 Å². The SMILES string of the molecule is COCC(N)CCNC(=O)c1c(OC)cccc1OC. The molecular formula is C14H22N2O4. The third kappa shape index (κ3) is 4.40. The maximum Gasteiger partial charge on any atom is 0.258 e. The zero-order valence-corrected chi connectivity index (χ0v) is 12.1. The quantitative estimate of drug-likeness (QED) is 0.737. The lowest BCUT2D eigenvalue weighted by atomic mass is 10.1. The Kier molecular flexibility index (Phi) is 6.83. The van der Waals surface area contributed by atoms with E-state index in [9.17, 15) is 4.79 Å². The summed E-state index contributed by atoms with van der Waals surface area (Å²) in [6.45, 7) is 0.929. The molecule has 0 aliphatic carbocycles. The standard InChI is InChI=1S/C14H22N2O4/c1-18-9-10(15)7-8-16-14(17)13-11(19-2)5-4-6-12(13)20-3/h4-6,10H,7-9,15H2,1-3H3,(H,16,17). The largest absolute Gasteiger partial charge is 0.496 e. The summed E-state index contributed by atoms with van der Waals surface area (Å²) in [5, 5.41) is 2.80. The summed E-state index contributed by atoms with van der Waals surface area (Å²) in [6, 6.07) is 5.10. The predicted molar refractivity (Wildman–Crippen MR) is 76.3 cm³/mol. The summed E-state index contributed by atoms with van der Waals surface area (Å²) in [7, 11) is 4.62. The highest BCUT2D eigenvalue weighted by Gasteiger charge is 2.17. The van der Waals surface area contributed by atoms with Crippen molar-refractivity contribution >= 4 is 5.91 Å². The lowest BCUT2D eigenvalue weighted by Gasteiger charge is -2.14. The molecule has 0 saturated carbocycles. The molecular weight excluding hydrogens is 260 g/mol. The molecule has 0 aliphatic rings. The number of carbonyl (C=O) groups is 1. The second-order valence-corrected chi connectivity index (χ2v) is 4.30. The minimum Gasteiger partial charge on any atom is -0.496 e. The topological polar surface area (TPSA) is 82.8 Å². The van der Waals surface area contributed by atoms with Crippen LogP contribution >= 0.6 is 0 Å². The first-order valence-corrected chi connectivity index (χ1v) is 6.37. The van der Waals surface area contributed by atoms with Crippen molar-refractivity contribution in [2.45, 2.75) is 12.5 Å². The number of nitrogens with one attached hydrogen (secondary N) is 1. The molecule has 3 N–H and O–H groups in total. The lowest BCUT2D eigenvalue weighted by Crippen LogP contribution is -2.33. The molecule has 0 radical (unpaired) electrons. The highest BCUT2D eigenvalue weighted by molar-refractivity contribution is 5.99. The zero-order valence-electron chi connectivity index (χ0n) is 12.1. The van der Waals surface area contributed by atoms with E-state index in [1.807, 2.05) is 0 Å². The first-order chi connectivity index (χ1) is 9.63. The van der Waals surface area contributed by atoms with Crippen LogP contribution in [0.5, 0.6) is 11.5 Å². The first-order valence-electron chi connectivity index (χ1n) is 6.37. The molecule has 0 aromatic heterocycles. The molecule has 1 amide bonds. The number of rotatable bonds is 8. The Morgan fingerprint density at radius 1 is 1.25 bits per heavy atom. The molecule has 0 fully saturated rings. The van der Waals surface area contributed by atoms with Gasteiger partial charge in [-0.05, 0) is 18.6 Å². The molecule has 1 atom stereocenters. The van der Waals surface area contributed by atoms with Crippen LogP contribution in [0.3, 0.4) is 0 Å². The van der Waals surface area contributed by atoms with Crippen molar-refractivity contribution in [3.63, 3.8) is 0 Å². The van der Waals surface area contributed by atoms with Crippen molar-refractivity contribution in [2.75, 3.05) is 34.5 Å². The van der Waals surface area contributed by atoms with Crippen molar-refractivity contribution in [3.05, 3.63) is 23.8 Å². The molecule has 6 nitrogen and oxygen atoms in total. The fourth-order valence-corrected chi connectivity index (χ4v) is 1.83. The molecule has 1 aromatic rings. The third-order valence-corrected chi connectivity index (χ3v) is 2.84. The molecule has 1 aromatic carbocycles. The number of methoxy groups -OCH3 is 3. The van der Waals surface area contributed by atoms with E-state index >= 15 is 0 Å². The summed E-state index contributed by atoms with van der Waals surface area (Å²) in [6.07, 6.45) is 0.636. The number of benzene rings is 1. The Balaban J connectivity index is 2.67. The van der Waals surface area contributed by atoms with Crippen LogP contribution in [-0.4, -0.2) is 46.4 Å². The van der Waals surface area contributed by atoms with E-state index < -0.39 is 0 Å². The second-order valence-electron chi connectivity index (χ2n) is 4.30. The summed E-state index contributed by atoms with van der Waals surface area (Å²) in [5.74, 6) is 0.704. The molecule has 6 heteroatoms. The van der Waals surface area contributed by atoms with Gasteiger partial charge in [-0.3, -0.25) is 4.79 Å². The molecule has 0 bridgehead atoms. The van der Waals surface area contributed by atoms with Gasteiger partial charge < -0.3 is 25.3 Å². The van der Waals surface area contributed by atoms with Gasteiger partial charge >= 0.3 is 0 Å². The van der Waals surface area contributed by atoms with Crippen LogP contribution in [0, 0.1) is 0 Å². The zero-order chi connectivity index (χ0) is 15.0. The Morgan fingerprint density at radius 3 is 2.35 bits per heavy atom. The number of amides is 1. The Bertz CT molecular complexity index is 415.